The molecule has 0 aliphatic rings. The highest BCUT2D eigenvalue weighted by Gasteiger charge is 2.04. The first-order valence-electron chi connectivity index (χ1n) is 4.38. The third-order valence-corrected chi connectivity index (χ3v) is 3.26. The van der Waals surface area contributed by atoms with Crippen LogP contribution >= 0.6 is 27.7 Å². The van der Waals surface area contributed by atoms with E-state index in [9.17, 15) is 4.79 Å². The molecule has 15 heavy (non-hydrogen) atoms. The minimum atomic E-state index is -0.281. The molecule has 5 heteroatoms. The van der Waals surface area contributed by atoms with Crippen molar-refractivity contribution >= 4 is 33.6 Å². The van der Waals surface area contributed by atoms with Crippen LogP contribution in [0.4, 0.5) is 0 Å². The second-order valence-electron chi connectivity index (χ2n) is 2.86. The molecule has 0 saturated carbocycles. The number of carbonyl (C=O) groups is 1. The summed E-state index contributed by atoms with van der Waals surface area (Å²) in [4.78, 5) is 11.6. The Kier molecular flexibility index (Phi) is 4.98. The molecule has 1 rings (SSSR count). The van der Waals surface area contributed by atoms with Crippen LogP contribution in [0.15, 0.2) is 27.6 Å². The molecule has 0 heterocycles. The average molecular weight is 290 g/mol. The Morgan fingerprint density at radius 3 is 2.93 bits per heavy atom. The highest BCUT2D eigenvalue weighted by Crippen LogP contribution is 2.32. The number of hydrogen-bond acceptors (Lipinski definition) is 3. The summed E-state index contributed by atoms with van der Waals surface area (Å²) in [7, 11) is 1.63. The lowest BCUT2D eigenvalue weighted by Crippen LogP contribution is -2.10. The molecule has 1 aromatic carbocycles. The molecule has 0 radical (unpaired) electrons. The second-order valence-corrected chi connectivity index (χ2v) is 4.91. The molecule has 0 aliphatic carbocycles. The minimum Gasteiger partial charge on any atom is -0.496 e. The number of primary amides is 1. The van der Waals surface area contributed by atoms with Gasteiger partial charge in [-0.3, -0.25) is 4.79 Å². The van der Waals surface area contributed by atoms with Gasteiger partial charge in [0.15, 0.2) is 0 Å². The van der Waals surface area contributed by atoms with Gasteiger partial charge in [0.2, 0.25) is 5.91 Å². The van der Waals surface area contributed by atoms with Gasteiger partial charge in [-0.2, -0.15) is 0 Å². The maximum absolute atomic E-state index is 10.6. The second kappa shape index (κ2) is 6.02. The quantitative estimate of drug-likeness (QED) is 0.847. The minimum absolute atomic E-state index is 0.281. The van der Waals surface area contributed by atoms with E-state index in [2.05, 4.69) is 15.9 Å². The monoisotopic (exact) mass is 289 g/mol. The van der Waals surface area contributed by atoms with Gasteiger partial charge >= 0.3 is 0 Å². The molecular formula is C10H12BrNO2S. The molecule has 0 spiro atoms. The summed E-state index contributed by atoms with van der Waals surface area (Å²) >= 11 is 4.94. The van der Waals surface area contributed by atoms with Crippen LogP contribution in [0, 0.1) is 0 Å². The number of benzene rings is 1. The van der Waals surface area contributed by atoms with E-state index in [1.807, 2.05) is 18.2 Å². The maximum atomic E-state index is 10.6. The van der Waals surface area contributed by atoms with Crippen molar-refractivity contribution in [1.29, 1.82) is 0 Å². The van der Waals surface area contributed by atoms with Crippen molar-refractivity contribution in [1.82, 2.24) is 0 Å². The van der Waals surface area contributed by atoms with Crippen LogP contribution < -0.4 is 10.5 Å². The number of thioether (sulfide) groups is 1. The summed E-state index contributed by atoms with van der Waals surface area (Å²) in [5.74, 6) is 1.20. The van der Waals surface area contributed by atoms with Crippen molar-refractivity contribution < 1.29 is 9.53 Å². The van der Waals surface area contributed by atoms with Crippen LogP contribution in [0.1, 0.15) is 6.42 Å². The number of rotatable bonds is 5. The van der Waals surface area contributed by atoms with E-state index in [1.54, 1.807) is 18.9 Å². The van der Waals surface area contributed by atoms with E-state index in [0.29, 0.717) is 12.2 Å². The van der Waals surface area contributed by atoms with Crippen molar-refractivity contribution in [3.63, 3.8) is 0 Å². The predicted molar refractivity (Wildman–Crippen MR) is 65.2 cm³/mol. The Morgan fingerprint density at radius 1 is 1.60 bits per heavy atom. The first-order valence-corrected chi connectivity index (χ1v) is 6.16. The van der Waals surface area contributed by atoms with Gasteiger partial charge in [-0.05, 0) is 18.2 Å². The van der Waals surface area contributed by atoms with Gasteiger partial charge in [0.05, 0.1) is 12.0 Å². The van der Waals surface area contributed by atoms with Crippen LogP contribution in [0.3, 0.4) is 0 Å². The van der Waals surface area contributed by atoms with E-state index in [-0.39, 0.29) is 5.91 Å². The molecule has 0 atom stereocenters. The Balaban J connectivity index is 2.65. The van der Waals surface area contributed by atoms with E-state index < -0.39 is 0 Å². The zero-order valence-electron chi connectivity index (χ0n) is 8.33. The number of halogens is 1. The highest BCUT2D eigenvalue weighted by molar-refractivity contribution is 9.10. The lowest BCUT2D eigenvalue weighted by Gasteiger charge is -2.07. The fraction of sp³-hybridized carbons (Fsp3) is 0.300. The molecule has 1 aromatic rings. The molecule has 0 unspecified atom stereocenters. The number of nitrogens with two attached hydrogens (primary N) is 1. The van der Waals surface area contributed by atoms with Gasteiger partial charge in [0.25, 0.3) is 0 Å². The summed E-state index contributed by atoms with van der Waals surface area (Å²) in [5.41, 5.74) is 5.06. The van der Waals surface area contributed by atoms with Crippen LogP contribution in [0.25, 0.3) is 0 Å². The van der Waals surface area contributed by atoms with Crippen molar-refractivity contribution in [2.75, 3.05) is 12.9 Å². The molecule has 2 N–H and O–H groups in total. The number of hydrogen-bond donors (Lipinski definition) is 1. The number of methoxy groups -OCH3 is 1. The standard InChI is InChI=1S/C10H12BrNO2S/c1-14-8-3-2-7(11)6-9(8)15-5-4-10(12)13/h2-3,6H,4-5H2,1H3,(H2,12,13). The molecular weight excluding hydrogens is 278 g/mol. The van der Waals surface area contributed by atoms with E-state index in [4.69, 9.17) is 10.5 Å². The van der Waals surface area contributed by atoms with Crippen LogP contribution in [0.2, 0.25) is 0 Å². The smallest absolute Gasteiger partial charge is 0.218 e. The van der Waals surface area contributed by atoms with E-state index in [1.165, 1.54) is 0 Å². The Morgan fingerprint density at radius 2 is 2.33 bits per heavy atom. The molecule has 0 aliphatic heterocycles. The number of carbonyl (C=O) groups excluding carboxylic acids is 1. The first-order chi connectivity index (χ1) is 7.13. The Labute approximate surface area is 101 Å². The van der Waals surface area contributed by atoms with Crippen LogP contribution in [0.5, 0.6) is 5.75 Å². The van der Waals surface area contributed by atoms with Gasteiger partial charge in [-0.25, -0.2) is 0 Å². The molecule has 3 nitrogen and oxygen atoms in total. The largest absolute Gasteiger partial charge is 0.496 e. The van der Waals surface area contributed by atoms with E-state index in [0.717, 1.165) is 15.1 Å². The zero-order chi connectivity index (χ0) is 11.3. The van der Waals surface area contributed by atoms with Gasteiger partial charge in [-0.1, -0.05) is 15.9 Å². The topological polar surface area (TPSA) is 52.3 Å². The molecule has 1 amide bonds. The fourth-order valence-electron chi connectivity index (χ4n) is 1.02. The normalized spacial score (nSPS) is 10.0. The van der Waals surface area contributed by atoms with Crippen molar-refractivity contribution in [2.24, 2.45) is 5.73 Å². The molecule has 82 valence electrons. The summed E-state index contributed by atoms with van der Waals surface area (Å²) in [6, 6.07) is 5.76. The van der Waals surface area contributed by atoms with Crippen LogP contribution in [-0.4, -0.2) is 18.8 Å². The fourth-order valence-corrected chi connectivity index (χ4v) is 2.56. The third-order valence-electron chi connectivity index (χ3n) is 1.73. The van der Waals surface area contributed by atoms with E-state index >= 15 is 0 Å². The summed E-state index contributed by atoms with van der Waals surface area (Å²) < 4.78 is 6.19. The van der Waals surface area contributed by atoms with Gasteiger partial charge in [0, 0.05) is 16.6 Å². The SMILES string of the molecule is COc1ccc(Br)cc1SCCC(N)=O. The first kappa shape index (κ1) is 12.4. The van der Waals surface area contributed by atoms with Gasteiger partial charge in [0.1, 0.15) is 5.75 Å². The summed E-state index contributed by atoms with van der Waals surface area (Å²) in [6.07, 6.45) is 0.375. The predicted octanol–water partition coefficient (Wildman–Crippen LogP) is 2.43. The zero-order valence-corrected chi connectivity index (χ0v) is 10.7. The Hall–Kier alpha value is -0.680. The Bertz CT molecular complexity index is 357. The molecule has 0 saturated heterocycles. The number of amides is 1. The van der Waals surface area contributed by atoms with Gasteiger partial charge in [-0.15, -0.1) is 11.8 Å². The van der Waals surface area contributed by atoms with Crippen LogP contribution in [-0.2, 0) is 4.79 Å². The maximum Gasteiger partial charge on any atom is 0.218 e. The lowest BCUT2D eigenvalue weighted by molar-refractivity contribution is -0.117. The van der Waals surface area contributed by atoms with Crippen molar-refractivity contribution in [3.8, 4) is 5.75 Å². The highest BCUT2D eigenvalue weighted by atomic mass is 79.9. The van der Waals surface area contributed by atoms with Crippen molar-refractivity contribution in [2.45, 2.75) is 11.3 Å². The molecule has 0 aromatic heterocycles. The number of ether oxygens (including phenoxy) is 1. The van der Waals surface area contributed by atoms with Crippen molar-refractivity contribution in [3.05, 3.63) is 22.7 Å². The molecule has 0 fully saturated rings. The molecule has 0 bridgehead atoms. The van der Waals surface area contributed by atoms with Gasteiger partial charge < -0.3 is 10.5 Å². The average Bonchev–Trinajstić information content (AvgIpc) is 2.17. The third kappa shape index (κ3) is 4.13. The summed E-state index contributed by atoms with van der Waals surface area (Å²) in [6.45, 7) is 0. The lowest BCUT2D eigenvalue weighted by atomic mass is 10.3. The summed E-state index contributed by atoms with van der Waals surface area (Å²) in [5, 5.41) is 0.